The third kappa shape index (κ3) is 4.60. The van der Waals surface area contributed by atoms with Crippen molar-refractivity contribution in [1.82, 2.24) is 0 Å². The van der Waals surface area contributed by atoms with Crippen molar-refractivity contribution in [2.75, 3.05) is 7.11 Å². The van der Waals surface area contributed by atoms with Gasteiger partial charge in [0.05, 0.1) is 7.11 Å². The molecule has 0 radical (unpaired) electrons. The Morgan fingerprint density at radius 1 is 1.00 bits per heavy atom. The van der Waals surface area contributed by atoms with Crippen molar-refractivity contribution in [1.29, 1.82) is 0 Å². The van der Waals surface area contributed by atoms with Gasteiger partial charge in [-0.15, -0.1) is 0 Å². The number of hydrogen-bond acceptors (Lipinski definition) is 1. The molecular weight excluding hydrogens is 280 g/mol. The van der Waals surface area contributed by atoms with E-state index in [1.54, 1.807) is 7.11 Å². The first-order valence-electron chi connectivity index (χ1n) is 8.75. The van der Waals surface area contributed by atoms with E-state index in [-0.39, 0.29) is 0 Å². The Hall–Kier alpha value is -1.76. The first kappa shape index (κ1) is 17.6. The number of methoxy groups -OCH3 is 1. The predicted octanol–water partition coefficient (Wildman–Crippen LogP) is 6.29. The van der Waals surface area contributed by atoms with Crippen LogP contribution < -0.4 is 4.74 Å². The summed E-state index contributed by atoms with van der Waals surface area (Å²) in [5.74, 6) is 0.917. The molecular formula is C22H30O. The number of aryl methyl sites for hydroxylation is 1. The molecule has 1 heteroatoms. The highest BCUT2D eigenvalue weighted by atomic mass is 16.5. The standard InChI is InChI=1S/C22H30O/c1-6-13-22(3,4)16-19-14-17(7-2)11-12-21(19)18-9-8-10-20(15-18)23-5/h8-12,14-15H,6-7,13,16H2,1-5H3. The molecule has 2 aromatic rings. The zero-order valence-corrected chi connectivity index (χ0v) is 15.3. The first-order valence-corrected chi connectivity index (χ1v) is 8.75. The van der Waals surface area contributed by atoms with E-state index in [0.29, 0.717) is 5.41 Å². The highest BCUT2D eigenvalue weighted by Gasteiger charge is 2.20. The van der Waals surface area contributed by atoms with Crippen LogP contribution in [0.1, 0.15) is 51.7 Å². The number of hydrogen-bond donors (Lipinski definition) is 0. The Labute approximate surface area is 141 Å². The summed E-state index contributed by atoms with van der Waals surface area (Å²) in [5.41, 5.74) is 5.78. The van der Waals surface area contributed by atoms with Crippen LogP contribution in [0, 0.1) is 5.41 Å². The van der Waals surface area contributed by atoms with Crippen molar-refractivity contribution < 1.29 is 4.74 Å². The van der Waals surface area contributed by atoms with E-state index in [9.17, 15) is 0 Å². The van der Waals surface area contributed by atoms with E-state index in [2.05, 4.69) is 64.1 Å². The van der Waals surface area contributed by atoms with Crippen LogP contribution in [0.15, 0.2) is 42.5 Å². The van der Waals surface area contributed by atoms with Crippen LogP contribution in [0.5, 0.6) is 5.75 Å². The Morgan fingerprint density at radius 2 is 1.78 bits per heavy atom. The average Bonchev–Trinajstić information content (AvgIpc) is 2.54. The van der Waals surface area contributed by atoms with E-state index in [1.165, 1.54) is 35.1 Å². The van der Waals surface area contributed by atoms with Crippen molar-refractivity contribution in [3.63, 3.8) is 0 Å². The smallest absolute Gasteiger partial charge is 0.119 e. The minimum Gasteiger partial charge on any atom is -0.497 e. The molecule has 0 bridgehead atoms. The first-order chi connectivity index (χ1) is 11.0. The molecule has 0 spiro atoms. The van der Waals surface area contributed by atoms with Gasteiger partial charge in [0.15, 0.2) is 0 Å². The van der Waals surface area contributed by atoms with Crippen LogP contribution in [-0.2, 0) is 12.8 Å². The summed E-state index contributed by atoms with van der Waals surface area (Å²) in [5, 5.41) is 0. The Balaban J connectivity index is 2.46. The van der Waals surface area contributed by atoms with E-state index in [0.717, 1.165) is 18.6 Å². The fourth-order valence-corrected chi connectivity index (χ4v) is 3.37. The summed E-state index contributed by atoms with van der Waals surface area (Å²) in [6.45, 7) is 9.25. The fraction of sp³-hybridized carbons (Fsp3) is 0.455. The molecule has 124 valence electrons. The molecule has 0 atom stereocenters. The third-order valence-corrected chi connectivity index (χ3v) is 4.55. The quantitative estimate of drug-likeness (QED) is 0.583. The summed E-state index contributed by atoms with van der Waals surface area (Å²) < 4.78 is 5.40. The largest absolute Gasteiger partial charge is 0.497 e. The van der Waals surface area contributed by atoms with Crippen LogP contribution in [0.4, 0.5) is 0 Å². The third-order valence-electron chi connectivity index (χ3n) is 4.55. The zero-order chi connectivity index (χ0) is 16.9. The lowest BCUT2D eigenvalue weighted by molar-refractivity contribution is 0.329. The zero-order valence-electron chi connectivity index (χ0n) is 15.3. The number of benzene rings is 2. The Morgan fingerprint density at radius 3 is 2.43 bits per heavy atom. The molecule has 0 aliphatic rings. The Kier molecular flexibility index (Phi) is 5.87. The molecule has 2 rings (SSSR count). The van der Waals surface area contributed by atoms with Crippen molar-refractivity contribution in [2.24, 2.45) is 5.41 Å². The van der Waals surface area contributed by atoms with Gasteiger partial charge in [0.2, 0.25) is 0 Å². The lowest BCUT2D eigenvalue weighted by Gasteiger charge is -2.26. The average molecular weight is 310 g/mol. The molecule has 0 aliphatic heterocycles. The van der Waals surface area contributed by atoms with Gasteiger partial charge in [0.25, 0.3) is 0 Å². The molecule has 0 amide bonds. The summed E-state index contributed by atoms with van der Waals surface area (Å²) in [6, 6.07) is 15.3. The van der Waals surface area contributed by atoms with Gasteiger partial charge in [-0.2, -0.15) is 0 Å². The van der Waals surface area contributed by atoms with Gasteiger partial charge in [-0.05, 0) is 59.1 Å². The molecule has 0 N–H and O–H groups in total. The number of rotatable bonds is 7. The van der Waals surface area contributed by atoms with E-state index in [1.807, 2.05) is 6.07 Å². The van der Waals surface area contributed by atoms with Crippen LogP contribution >= 0.6 is 0 Å². The minimum absolute atomic E-state index is 0.328. The highest BCUT2D eigenvalue weighted by molar-refractivity contribution is 5.69. The molecule has 23 heavy (non-hydrogen) atoms. The van der Waals surface area contributed by atoms with E-state index >= 15 is 0 Å². The summed E-state index contributed by atoms with van der Waals surface area (Å²) in [7, 11) is 1.73. The van der Waals surface area contributed by atoms with Gasteiger partial charge in [-0.25, -0.2) is 0 Å². The van der Waals surface area contributed by atoms with Crippen molar-refractivity contribution in [3.8, 4) is 16.9 Å². The van der Waals surface area contributed by atoms with Crippen LogP contribution in [-0.4, -0.2) is 7.11 Å². The molecule has 0 heterocycles. The lowest BCUT2D eigenvalue weighted by atomic mass is 9.79. The molecule has 2 aromatic carbocycles. The Bertz CT molecular complexity index is 640. The summed E-state index contributed by atoms with van der Waals surface area (Å²) in [4.78, 5) is 0. The monoisotopic (exact) mass is 310 g/mol. The molecule has 0 saturated carbocycles. The second-order valence-electron chi connectivity index (χ2n) is 7.17. The maximum Gasteiger partial charge on any atom is 0.119 e. The fourth-order valence-electron chi connectivity index (χ4n) is 3.37. The van der Waals surface area contributed by atoms with Crippen molar-refractivity contribution >= 4 is 0 Å². The topological polar surface area (TPSA) is 9.23 Å². The summed E-state index contributed by atoms with van der Waals surface area (Å²) in [6.07, 6.45) is 4.68. The molecule has 0 fully saturated rings. The van der Waals surface area contributed by atoms with Gasteiger partial charge in [-0.3, -0.25) is 0 Å². The van der Waals surface area contributed by atoms with Gasteiger partial charge < -0.3 is 4.74 Å². The van der Waals surface area contributed by atoms with E-state index < -0.39 is 0 Å². The normalized spacial score (nSPS) is 11.5. The maximum atomic E-state index is 5.40. The molecule has 0 unspecified atom stereocenters. The van der Waals surface area contributed by atoms with Crippen molar-refractivity contribution in [3.05, 3.63) is 53.6 Å². The second-order valence-corrected chi connectivity index (χ2v) is 7.17. The molecule has 0 saturated heterocycles. The van der Waals surface area contributed by atoms with Gasteiger partial charge in [0.1, 0.15) is 5.75 Å². The molecule has 1 nitrogen and oxygen atoms in total. The van der Waals surface area contributed by atoms with Crippen LogP contribution in [0.3, 0.4) is 0 Å². The second kappa shape index (κ2) is 7.68. The van der Waals surface area contributed by atoms with Gasteiger partial charge in [0, 0.05) is 0 Å². The van der Waals surface area contributed by atoms with Gasteiger partial charge in [-0.1, -0.05) is 64.4 Å². The molecule has 0 aliphatic carbocycles. The summed E-state index contributed by atoms with van der Waals surface area (Å²) >= 11 is 0. The van der Waals surface area contributed by atoms with Crippen LogP contribution in [0.2, 0.25) is 0 Å². The number of ether oxygens (including phenoxy) is 1. The SMILES string of the molecule is CCCC(C)(C)Cc1cc(CC)ccc1-c1cccc(OC)c1. The van der Waals surface area contributed by atoms with Crippen LogP contribution in [0.25, 0.3) is 11.1 Å². The van der Waals surface area contributed by atoms with Crippen molar-refractivity contribution in [2.45, 2.75) is 53.4 Å². The molecule has 0 aromatic heterocycles. The van der Waals surface area contributed by atoms with E-state index in [4.69, 9.17) is 4.74 Å². The maximum absolute atomic E-state index is 5.40. The highest BCUT2D eigenvalue weighted by Crippen LogP contribution is 2.34. The minimum atomic E-state index is 0.328. The predicted molar refractivity (Wildman–Crippen MR) is 100 cm³/mol. The van der Waals surface area contributed by atoms with Gasteiger partial charge >= 0.3 is 0 Å². The lowest BCUT2D eigenvalue weighted by Crippen LogP contribution is -2.15.